The SMILES string of the molecule is CC(C)=C1CC[C@H](C)[C@@](C)(COc2ccc3ccc(=O)oc3c2)[C@@H]1CCC(=O)O. The summed E-state index contributed by atoms with van der Waals surface area (Å²) in [5, 5.41) is 10.1. The quantitative estimate of drug-likeness (QED) is 0.519. The van der Waals surface area contributed by atoms with Crippen molar-refractivity contribution in [2.75, 3.05) is 6.61 Å². The summed E-state index contributed by atoms with van der Waals surface area (Å²) in [6, 6.07) is 8.65. The molecule has 2 aromatic rings. The second kappa shape index (κ2) is 8.44. The van der Waals surface area contributed by atoms with Crippen molar-refractivity contribution in [1.82, 2.24) is 0 Å². The van der Waals surface area contributed by atoms with Gasteiger partial charge in [0.05, 0.1) is 6.61 Å². The molecule has 1 heterocycles. The third-order valence-electron chi connectivity index (χ3n) is 6.62. The lowest BCUT2D eigenvalue weighted by Crippen LogP contribution is -2.44. The Bertz CT molecular complexity index is 982. The van der Waals surface area contributed by atoms with Gasteiger partial charge in [0, 0.05) is 29.4 Å². The van der Waals surface area contributed by atoms with Crippen molar-refractivity contribution in [2.24, 2.45) is 17.3 Å². The van der Waals surface area contributed by atoms with Gasteiger partial charge in [-0.3, -0.25) is 4.79 Å². The molecule has 0 bridgehead atoms. The van der Waals surface area contributed by atoms with E-state index in [4.69, 9.17) is 9.15 Å². The average molecular weight is 398 g/mol. The molecular formula is C24H30O5. The van der Waals surface area contributed by atoms with Crippen LogP contribution in [0, 0.1) is 17.3 Å². The van der Waals surface area contributed by atoms with Crippen LogP contribution in [0.2, 0.25) is 0 Å². The molecule has 3 rings (SSSR count). The third-order valence-corrected chi connectivity index (χ3v) is 6.62. The van der Waals surface area contributed by atoms with E-state index >= 15 is 0 Å². The van der Waals surface area contributed by atoms with Gasteiger partial charge in [0.15, 0.2) is 0 Å². The van der Waals surface area contributed by atoms with Crippen LogP contribution in [-0.2, 0) is 4.79 Å². The molecular weight excluding hydrogens is 368 g/mol. The predicted octanol–water partition coefficient (Wildman–Crippen LogP) is 5.43. The molecule has 5 heteroatoms. The fourth-order valence-corrected chi connectivity index (χ4v) is 4.60. The fraction of sp³-hybridized carbons (Fsp3) is 0.500. The maximum atomic E-state index is 11.5. The maximum Gasteiger partial charge on any atom is 0.336 e. The molecule has 3 atom stereocenters. The standard InChI is InChI=1S/C24H30O5/c1-15(2)19-9-5-16(3)24(4,20(19)10-11-22(25)26)14-28-18-8-6-17-7-12-23(27)29-21(17)13-18/h6-8,12-13,16,20H,5,9-11,14H2,1-4H3,(H,25,26)/t16-,20+,24+/m0/s1. The van der Waals surface area contributed by atoms with Gasteiger partial charge in [-0.1, -0.05) is 25.0 Å². The smallest absolute Gasteiger partial charge is 0.336 e. The molecule has 29 heavy (non-hydrogen) atoms. The van der Waals surface area contributed by atoms with Crippen molar-refractivity contribution in [3.05, 3.63) is 51.9 Å². The van der Waals surface area contributed by atoms with Crippen LogP contribution in [0.3, 0.4) is 0 Å². The summed E-state index contributed by atoms with van der Waals surface area (Å²) in [4.78, 5) is 22.8. The summed E-state index contributed by atoms with van der Waals surface area (Å²) >= 11 is 0. The molecule has 1 aliphatic carbocycles. The molecule has 0 unspecified atom stereocenters. The highest BCUT2D eigenvalue weighted by atomic mass is 16.5. The van der Waals surface area contributed by atoms with Gasteiger partial charge in [0.2, 0.25) is 0 Å². The molecule has 0 aliphatic heterocycles. The van der Waals surface area contributed by atoms with E-state index in [1.807, 2.05) is 12.1 Å². The van der Waals surface area contributed by atoms with Crippen LogP contribution in [0.25, 0.3) is 11.0 Å². The topological polar surface area (TPSA) is 76.7 Å². The lowest BCUT2D eigenvalue weighted by Gasteiger charge is -2.48. The van der Waals surface area contributed by atoms with Crippen LogP contribution in [-0.4, -0.2) is 17.7 Å². The Morgan fingerprint density at radius 2 is 2.00 bits per heavy atom. The first-order chi connectivity index (χ1) is 13.7. The van der Waals surface area contributed by atoms with E-state index < -0.39 is 5.97 Å². The van der Waals surface area contributed by atoms with Crippen molar-refractivity contribution in [1.29, 1.82) is 0 Å². The molecule has 1 fully saturated rings. The predicted molar refractivity (Wildman–Crippen MR) is 113 cm³/mol. The zero-order chi connectivity index (χ0) is 21.2. The number of aliphatic carboxylic acids is 1. The van der Waals surface area contributed by atoms with Crippen LogP contribution in [0.15, 0.2) is 50.7 Å². The molecule has 0 amide bonds. The Labute approximate surface area is 171 Å². The number of allylic oxidation sites excluding steroid dienone is 2. The Kier molecular flexibility index (Phi) is 6.15. The van der Waals surface area contributed by atoms with Crippen molar-refractivity contribution in [3.8, 4) is 5.75 Å². The van der Waals surface area contributed by atoms with Crippen molar-refractivity contribution in [3.63, 3.8) is 0 Å². The summed E-state index contributed by atoms with van der Waals surface area (Å²) in [5.74, 6) is 0.472. The molecule has 1 saturated carbocycles. The second-order valence-electron chi connectivity index (χ2n) is 8.70. The minimum absolute atomic E-state index is 0.158. The van der Waals surface area contributed by atoms with Crippen LogP contribution >= 0.6 is 0 Å². The molecule has 1 aromatic carbocycles. The van der Waals surface area contributed by atoms with Gasteiger partial charge in [-0.25, -0.2) is 4.79 Å². The third kappa shape index (κ3) is 4.55. The minimum Gasteiger partial charge on any atom is -0.493 e. The van der Waals surface area contributed by atoms with E-state index in [2.05, 4.69) is 27.7 Å². The van der Waals surface area contributed by atoms with Gasteiger partial charge in [-0.15, -0.1) is 0 Å². The van der Waals surface area contributed by atoms with Crippen LogP contribution in [0.1, 0.15) is 53.4 Å². The van der Waals surface area contributed by atoms with Gasteiger partial charge < -0.3 is 14.3 Å². The highest BCUT2D eigenvalue weighted by Crippen LogP contribution is 2.51. The van der Waals surface area contributed by atoms with Gasteiger partial charge in [0.1, 0.15) is 11.3 Å². The lowest BCUT2D eigenvalue weighted by molar-refractivity contribution is -0.137. The number of hydrogen-bond acceptors (Lipinski definition) is 4. The number of fused-ring (bicyclic) bond motifs is 1. The Morgan fingerprint density at radius 1 is 1.28 bits per heavy atom. The largest absolute Gasteiger partial charge is 0.493 e. The summed E-state index contributed by atoms with van der Waals surface area (Å²) < 4.78 is 11.5. The lowest BCUT2D eigenvalue weighted by atomic mass is 9.58. The molecule has 1 N–H and O–H groups in total. The van der Waals surface area contributed by atoms with Crippen LogP contribution in [0.4, 0.5) is 0 Å². The summed E-state index contributed by atoms with van der Waals surface area (Å²) in [6.45, 7) is 9.17. The van der Waals surface area contributed by atoms with Crippen molar-refractivity contribution >= 4 is 16.9 Å². The Balaban J connectivity index is 1.87. The average Bonchev–Trinajstić information content (AvgIpc) is 2.66. The normalized spacial score (nSPS) is 24.5. The Hall–Kier alpha value is -2.56. The minimum atomic E-state index is -0.760. The van der Waals surface area contributed by atoms with Gasteiger partial charge in [-0.2, -0.15) is 0 Å². The monoisotopic (exact) mass is 398 g/mol. The molecule has 0 saturated heterocycles. The first-order valence-corrected chi connectivity index (χ1v) is 10.3. The van der Waals surface area contributed by atoms with Crippen molar-refractivity contribution < 1.29 is 19.1 Å². The number of carbonyl (C=O) groups is 1. The number of ether oxygens (including phenoxy) is 1. The number of hydrogen-bond donors (Lipinski definition) is 1. The van der Waals surface area contributed by atoms with Crippen molar-refractivity contribution in [2.45, 2.75) is 53.4 Å². The second-order valence-corrected chi connectivity index (χ2v) is 8.70. The van der Waals surface area contributed by atoms with E-state index in [0.29, 0.717) is 30.3 Å². The number of carboxylic acid groups (broad SMARTS) is 1. The zero-order valence-electron chi connectivity index (χ0n) is 17.7. The highest BCUT2D eigenvalue weighted by molar-refractivity contribution is 5.77. The fourth-order valence-electron chi connectivity index (χ4n) is 4.60. The zero-order valence-corrected chi connectivity index (χ0v) is 17.7. The number of benzene rings is 1. The summed E-state index contributed by atoms with van der Waals surface area (Å²) in [5.41, 5.74) is 2.60. The van der Waals surface area contributed by atoms with Gasteiger partial charge in [-0.05, 0) is 63.1 Å². The number of rotatable bonds is 6. The Morgan fingerprint density at radius 3 is 2.69 bits per heavy atom. The van der Waals surface area contributed by atoms with E-state index in [0.717, 1.165) is 18.2 Å². The first-order valence-electron chi connectivity index (χ1n) is 10.3. The first kappa shape index (κ1) is 21.2. The van der Waals surface area contributed by atoms with E-state index in [9.17, 15) is 14.7 Å². The molecule has 1 aromatic heterocycles. The maximum absolute atomic E-state index is 11.5. The van der Waals surface area contributed by atoms with Crippen LogP contribution in [0.5, 0.6) is 5.75 Å². The molecule has 0 spiro atoms. The number of carboxylic acids is 1. The van der Waals surface area contributed by atoms with E-state index in [1.54, 1.807) is 12.1 Å². The van der Waals surface area contributed by atoms with Crippen LogP contribution < -0.4 is 10.4 Å². The summed E-state index contributed by atoms with van der Waals surface area (Å²) in [6.07, 6.45) is 2.86. The summed E-state index contributed by atoms with van der Waals surface area (Å²) in [7, 11) is 0. The van der Waals surface area contributed by atoms with E-state index in [1.165, 1.54) is 17.2 Å². The highest BCUT2D eigenvalue weighted by Gasteiger charge is 2.45. The molecule has 1 aliphatic rings. The molecule has 156 valence electrons. The van der Waals surface area contributed by atoms with Gasteiger partial charge >= 0.3 is 11.6 Å². The molecule has 5 nitrogen and oxygen atoms in total. The van der Waals surface area contributed by atoms with E-state index in [-0.39, 0.29) is 23.4 Å². The molecule has 0 radical (unpaired) electrons. The van der Waals surface area contributed by atoms with Gasteiger partial charge in [0.25, 0.3) is 0 Å².